The van der Waals surface area contributed by atoms with E-state index in [2.05, 4.69) is 24.0 Å². The number of nitriles is 1. The number of anilines is 1. The third-order valence-corrected chi connectivity index (χ3v) is 4.67. The van der Waals surface area contributed by atoms with E-state index in [1.807, 2.05) is 0 Å². The van der Waals surface area contributed by atoms with Gasteiger partial charge in [0.25, 0.3) is 0 Å². The molecule has 1 aromatic rings. The fraction of sp³-hybridized carbons (Fsp3) is 0.647. The highest BCUT2D eigenvalue weighted by atomic mass is 15.2. The first-order valence-corrected chi connectivity index (χ1v) is 8.03. The molecule has 1 fully saturated rings. The molecule has 1 saturated heterocycles. The van der Waals surface area contributed by atoms with Crippen LogP contribution in [-0.2, 0) is 12.8 Å². The van der Waals surface area contributed by atoms with Crippen LogP contribution in [0.1, 0.15) is 62.3 Å². The van der Waals surface area contributed by atoms with E-state index in [0.29, 0.717) is 6.04 Å². The molecule has 1 aliphatic heterocycles. The zero-order valence-electron chi connectivity index (χ0n) is 12.4. The van der Waals surface area contributed by atoms with Gasteiger partial charge in [-0.1, -0.05) is 13.3 Å². The van der Waals surface area contributed by atoms with Gasteiger partial charge in [0.1, 0.15) is 11.9 Å². The highest BCUT2D eigenvalue weighted by Crippen LogP contribution is 2.31. The number of rotatable bonds is 3. The fourth-order valence-electron chi connectivity index (χ4n) is 3.68. The molecular weight excluding hydrogens is 246 g/mol. The minimum absolute atomic E-state index is 0.577. The third kappa shape index (κ3) is 2.40. The van der Waals surface area contributed by atoms with Crippen molar-refractivity contribution in [3.63, 3.8) is 0 Å². The quantitative estimate of drug-likeness (QED) is 0.841. The van der Waals surface area contributed by atoms with Crippen LogP contribution in [0.5, 0.6) is 0 Å². The van der Waals surface area contributed by atoms with Gasteiger partial charge in [-0.15, -0.1) is 0 Å². The number of hydrogen-bond acceptors (Lipinski definition) is 3. The predicted molar refractivity (Wildman–Crippen MR) is 80.9 cm³/mol. The predicted octanol–water partition coefficient (Wildman–Crippen LogP) is 3.60. The number of aromatic nitrogens is 1. The molecule has 0 N–H and O–H groups in total. The average Bonchev–Trinajstić information content (AvgIpc) is 2.94. The van der Waals surface area contributed by atoms with Gasteiger partial charge in [0.15, 0.2) is 0 Å². The van der Waals surface area contributed by atoms with Crippen LogP contribution in [0, 0.1) is 11.3 Å². The van der Waals surface area contributed by atoms with Crippen molar-refractivity contribution in [3.05, 3.63) is 22.9 Å². The maximum Gasteiger partial charge on any atom is 0.147 e. The molecule has 0 spiro atoms. The summed E-state index contributed by atoms with van der Waals surface area (Å²) in [5.41, 5.74) is 3.32. The SMILES string of the molecule is CCCC1CCCCN1c1nc2c(cc1C#N)CCC2. The molecule has 0 radical (unpaired) electrons. The molecule has 0 saturated carbocycles. The highest BCUT2D eigenvalue weighted by molar-refractivity contribution is 5.57. The van der Waals surface area contributed by atoms with Crippen molar-refractivity contribution in [1.29, 1.82) is 5.26 Å². The first kappa shape index (κ1) is 13.4. The lowest BCUT2D eigenvalue weighted by Crippen LogP contribution is -2.40. The van der Waals surface area contributed by atoms with Gasteiger partial charge in [-0.3, -0.25) is 0 Å². The summed E-state index contributed by atoms with van der Waals surface area (Å²) < 4.78 is 0. The first-order chi connectivity index (χ1) is 9.83. The molecule has 20 heavy (non-hydrogen) atoms. The summed E-state index contributed by atoms with van der Waals surface area (Å²) in [5, 5.41) is 9.48. The van der Waals surface area contributed by atoms with Crippen LogP contribution < -0.4 is 4.90 Å². The van der Waals surface area contributed by atoms with E-state index >= 15 is 0 Å². The Bertz CT molecular complexity index is 528. The summed E-state index contributed by atoms with van der Waals surface area (Å²) in [6.45, 7) is 3.30. The van der Waals surface area contributed by atoms with E-state index in [1.54, 1.807) is 0 Å². The first-order valence-electron chi connectivity index (χ1n) is 8.03. The average molecular weight is 269 g/mol. The van der Waals surface area contributed by atoms with Crippen molar-refractivity contribution < 1.29 is 0 Å². The van der Waals surface area contributed by atoms with Crippen molar-refractivity contribution in [2.75, 3.05) is 11.4 Å². The standard InChI is InChI=1S/C17H23N3/c1-2-6-15-8-3-4-10-20(15)17-14(12-18)11-13-7-5-9-16(13)19-17/h11,15H,2-10H2,1H3. The monoisotopic (exact) mass is 269 g/mol. The second kappa shape index (κ2) is 5.83. The molecule has 106 valence electrons. The van der Waals surface area contributed by atoms with Crippen LogP contribution in [0.2, 0.25) is 0 Å². The summed E-state index contributed by atoms with van der Waals surface area (Å²) in [6, 6.07) is 5.06. The Kier molecular flexibility index (Phi) is 3.91. The second-order valence-corrected chi connectivity index (χ2v) is 6.06. The topological polar surface area (TPSA) is 39.9 Å². The van der Waals surface area contributed by atoms with E-state index in [9.17, 15) is 5.26 Å². The van der Waals surface area contributed by atoms with Gasteiger partial charge in [-0.2, -0.15) is 5.26 Å². The van der Waals surface area contributed by atoms with E-state index in [0.717, 1.165) is 30.8 Å². The van der Waals surface area contributed by atoms with Crippen molar-refractivity contribution in [3.8, 4) is 6.07 Å². The molecule has 0 bridgehead atoms. The molecule has 1 aliphatic carbocycles. The molecule has 2 heterocycles. The van der Waals surface area contributed by atoms with E-state index < -0.39 is 0 Å². The summed E-state index contributed by atoms with van der Waals surface area (Å²) in [4.78, 5) is 7.30. The Morgan fingerprint density at radius 1 is 1.35 bits per heavy atom. The van der Waals surface area contributed by atoms with Gasteiger partial charge in [-0.25, -0.2) is 4.98 Å². The van der Waals surface area contributed by atoms with Crippen LogP contribution in [0.15, 0.2) is 6.07 Å². The third-order valence-electron chi connectivity index (χ3n) is 4.67. The number of pyridine rings is 1. The maximum absolute atomic E-state index is 9.48. The lowest BCUT2D eigenvalue weighted by molar-refractivity contribution is 0.431. The largest absolute Gasteiger partial charge is 0.353 e. The Balaban J connectivity index is 1.97. The van der Waals surface area contributed by atoms with Crippen molar-refractivity contribution in [2.45, 2.75) is 64.3 Å². The van der Waals surface area contributed by atoms with Gasteiger partial charge in [0.2, 0.25) is 0 Å². The lowest BCUT2D eigenvalue weighted by Gasteiger charge is -2.37. The van der Waals surface area contributed by atoms with Gasteiger partial charge in [-0.05, 0) is 56.6 Å². The zero-order valence-corrected chi connectivity index (χ0v) is 12.4. The number of nitrogens with zero attached hydrogens (tertiary/aromatic N) is 3. The smallest absolute Gasteiger partial charge is 0.147 e. The molecular formula is C17H23N3. The van der Waals surface area contributed by atoms with E-state index in [-0.39, 0.29) is 0 Å². The number of aryl methyl sites for hydroxylation is 2. The maximum atomic E-state index is 9.48. The molecule has 0 amide bonds. The normalized spacial score (nSPS) is 21.6. The summed E-state index contributed by atoms with van der Waals surface area (Å²) in [5.74, 6) is 0.964. The molecule has 3 nitrogen and oxygen atoms in total. The summed E-state index contributed by atoms with van der Waals surface area (Å²) >= 11 is 0. The zero-order chi connectivity index (χ0) is 13.9. The summed E-state index contributed by atoms with van der Waals surface area (Å²) in [7, 11) is 0. The van der Waals surface area contributed by atoms with Gasteiger partial charge in [0.05, 0.1) is 5.56 Å². The second-order valence-electron chi connectivity index (χ2n) is 6.06. The lowest BCUT2D eigenvalue weighted by atomic mass is 9.97. The van der Waals surface area contributed by atoms with Crippen molar-refractivity contribution >= 4 is 5.82 Å². The van der Waals surface area contributed by atoms with E-state index in [4.69, 9.17) is 4.98 Å². The molecule has 0 aromatic carbocycles. The fourth-order valence-corrected chi connectivity index (χ4v) is 3.68. The Morgan fingerprint density at radius 3 is 3.05 bits per heavy atom. The van der Waals surface area contributed by atoms with Gasteiger partial charge < -0.3 is 4.90 Å². The van der Waals surface area contributed by atoms with Gasteiger partial charge in [0, 0.05) is 18.3 Å². The molecule has 2 aliphatic rings. The minimum Gasteiger partial charge on any atom is -0.353 e. The Hall–Kier alpha value is -1.56. The minimum atomic E-state index is 0.577. The molecule has 1 atom stereocenters. The Morgan fingerprint density at radius 2 is 2.25 bits per heavy atom. The van der Waals surface area contributed by atoms with Gasteiger partial charge >= 0.3 is 0 Å². The molecule has 1 aromatic heterocycles. The molecule has 3 rings (SSSR count). The molecule has 3 heteroatoms. The summed E-state index contributed by atoms with van der Waals surface area (Å²) in [6.07, 6.45) is 9.57. The van der Waals surface area contributed by atoms with E-state index in [1.165, 1.54) is 49.8 Å². The van der Waals surface area contributed by atoms with Crippen LogP contribution in [0.4, 0.5) is 5.82 Å². The van der Waals surface area contributed by atoms with Crippen LogP contribution in [0.25, 0.3) is 0 Å². The number of piperidine rings is 1. The Labute approximate surface area is 121 Å². The van der Waals surface area contributed by atoms with Crippen LogP contribution in [-0.4, -0.2) is 17.6 Å². The van der Waals surface area contributed by atoms with Crippen LogP contribution in [0.3, 0.4) is 0 Å². The van der Waals surface area contributed by atoms with Crippen LogP contribution >= 0.6 is 0 Å². The molecule has 1 unspecified atom stereocenters. The number of fused-ring (bicyclic) bond motifs is 1. The van der Waals surface area contributed by atoms with Crippen molar-refractivity contribution in [1.82, 2.24) is 4.98 Å². The van der Waals surface area contributed by atoms with Crippen molar-refractivity contribution in [2.24, 2.45) is 0 Å². The highest BCUT2D eigenvalue weighted by Gasteiger charge is 2.26. The number of hydrogen-bond donors (Lipinski definition) is 0.